The molecule has 0 bridgehead atoms. The highest BCUT2D eigenvalue weighted by Crippen LogP contribution is 2.28. The maximum absolute atomic E-state index is 5.97. The van der Waals surface area contributed by atoms with Crippen LogP contribution >= 0.6 is 11.6 Å². The number of nitrogens with one attached hydrogen (secondary N) is 1. The normalized spacial score (nSPS) is 10.5. The minimum atomic E-state index is 0.661. The van der Waals surface area contributed by atoms with E-state index in [-0.39, 0.29) is 0 Å². The van der Waals surface area contributed by atoms with Crippen molar-refractivity contribution in [3.05, 3.63) is 60.0 Å². The fourth-order valence-electron chi connectivity index (χ4n) is 2.23. The minimum Gasteiger partial charge on any atom is -0.369 e. The van der Waals surface area contributed by atoms with Gasteiger partial charge in [-0.15, -0.1) is 0 Å². The maximum Gasteiger partial charge on any atom is 0.163 e. The average molecular weight is 325 g/mol. The van der Waals surface area contributed by atoms with Crippen LogP contribution in [-0.4, -0.2) is 21.5 Å². The summed E-state index contributed by atoms with van der Waals surface area (Å²) in [5.74, 6) is 1.48. The molecule has 0 unspecified atom stereocenters. The number of anilines is 1. The van der Waals surface area contributed by atoms with Crippen molar-refractivity contribution in [2.45, 2.75) is 13.3 Å². The van der Waals surface area contributed by atoms with Crippen LogP contribution in [-0.2, 0) is 0 Å². The molecule has 0 amide bonds. The van der Waals surface area contributed by atoms with Crippen LogP contribution in [0.5, 0.6) is 0 Å². The molecule has 1 N–H and O–H groups in total. The van der Waals surface area contributed by atoms with Crippen molar-refractivity contribution in [3.63, 3.8) is 0 Å². The Bertz CT molecular complexity index is 773. The lowest BCUT2D eigenvalue weighted by atomic mass is 10.1. The van der Waals surface area contributed by atoms with Crippen LogP contribution in [0, 0.1) is 0 Å². The molecule has 3 rings (SSSR count). The van der Waals surface area contributed by atoms with Gasteiger partial charge in [0.2, 0.25) is 0 Å². The highest BCUT2D eigenvalue weighted by molar-refractivity contribution is 6.30. The third-order valence-corrected chi connectivity index (χ3v) is 3.66. The molecular weight excluding hydrogens is 308 g/mol. The van der Waals surface area contributed by atoms with Crippen LogP contribution in [0.4, 0.5) is 5.82 Å². The summed E-state index contributed by atoms with van der Waals surface area (Å²) in [6, 6.07) is 11.5. The van der Waals surface area contributed by atoms with Crippen LogP contribution in [0.15, 0.2) is 55.0 Å². The number of aromatic nitrogens is 3. The zero-order chi connectivity index (χ0) is 16.1. The van der Waals surface area contributed by atoms with E-state index in [0.29, 0.717) is 10.8 Å². The Balaban J connectivity index is 2.03. The Kier molecular flexibility index (Phi) is 4.83. The van der Waals surface area contributed by atoms with Crippen LogP contribution in [0.3, 0.4) is 0 Å². The maximum atomic E-state index is 5.97. The Morgan fingerprint density at radius 3 is 2.57 bits per heavy atom. The molecule has 0 fully saturated rings. The monoisotopic (exact) mass is 324 g/mol. The van der Waals surface area contributed by atoms with Crippen molar-refractivity contribution >= 4 is 17.4 Å². The predicted molar refractivity (Wildman–Crippen MR) is 94.5 cm³/mol. The molecule has 0 atom stereocenters. The smallest absolute Gasteiger partial charge is 0.163 e. The number of hydrogen-bond donors (Lipinski definition) is 1. The molecular formula is C18H17ClN4. The molecule has 0 aliphatic carbocycles. The molecule has 0 aliphatic heterocycles. The van der Waals surface area contributed by atoms with Gasteiger partial charge in [-0.3, -0.25) is 4.98 Å². The van der Waals surface area contributed by atoms with Crippen molar-refractivity contribution in [3.8, 4) is 22.5 Å². The predicted octanol–water partition coefficient (Wildman–Crippen LogP) is 4.68. The van der Waals surface area contributed by atoms with E-state index in [4.69, 9.17) is 11.6 Å². The van der Waals surface area contributed by atoms with Crippen molar-refractivity contribution in [1.29, 1.82) is 0 Å². The average Bonchev–Trinajstić information content (AvgIpc) is 2.61. The standard InChI is InChI=1S/C18H17ClN4/c1-2-9-21-18-16(13-5-7-15(19)8-6-13)12-22-17(23-18)14-4-3-10-20-11-14/h3-8,10-12H,2,9H2,1H3,(H,21,22,23). The Labute approximate surface area is 140 Å². The molecule has 0 saturated carbocycles. The molecule has 116 valence electrons. The first-order valence-electron chi connectivity index (χ1n) is 7.55. The van der Waals surface area contributed by atoms with Crippen LogP contribution in [0.25, 0.3) is 22.5 Å². The summed E-state index contributed by atoms with van der Waals surface area (Å²) < 4.78 is 0. The zero-order valence-corrected chi connectivity index (χ0v) is 13.6. The van der Waals surface area contributed by atoms with Gasteiger partial charge in [-0.1, -0.05) is 30.7 Å². The summed E-state index contributed by atoms with van der Waals surface area (Å²) >= 11 is 5.97. The first-order chi connectivity index (χ1) is 11.3. The minimum absolute atomic E-state index is 0.661. The molecule has 0 saturated heterocycles. The van der Waals surface area contributed by atoms with Crippen molar-refractivity contribution in [1.82, 2.24) is 15.0 Å². The fourth-order valence-corrected chi connectivity index (χ4v) is 2.36. The van der Waals surface area contributed by atoms with E-state index >= 15 is 0 Å². The van der Waals surface area contributed by atoms with Gasteiger partial charge < -0.3 is 5.32 Å². The molecule has 2 heterocycles. The van der Waals surface area contributed by atoms with Gasteiger partial charge in [0.25, 0.3) is 0 Å². The number of pyridine rings is 1. The third-order valence-electron chi connectivity index (χ3n) is 3.41. The van der Waals surface area contributed by atoms with Crippen LogP contribution in [0.2, 0.25) is 5.02 Å². The van der Waals surface area contributed by atoms with E-state index in [1.165, 1.54) is 0 Å². The lowest BCUT2D eigenvalue weighted by molar-refractivity contribution is 0.966. The summed E-state index contributed by atoms with van der Waals surface area (Å²) in [5.41, 5.74) is 2.89. The lowest BCUT2D eigenvalue weighted by Gasteiger charge is -2.12. The summed E-state index contributed by atoms with van der Waals surface area (Å²) in [4.78, 5) is 13.3. The summed E-state index contributed by atoms with van der Waals surface area (Å²) in [5, 5.41) is 4.09. The van der Waals surface area contributed by atoms with Gasteiger partial charge >= 0.3 is 0 Å². The Hall–Kier alpha value is -2.46. The van der Waals surface area contributed by atoms with Gasteiger partial charge in [-0.05, 0) is 36.2 Å². The number of halogens is 1. The summed E-state index contributed by atoms with van der Waals surface area (Å²) in [6.07, 6.45) is 6.37. The molecule has 3 aromatic rings. The highest BCUT2D eigenvalue weighted by atomic mass is 35.5. The second kappa shape index (κ2) is 7.20. The first-order valence-corrected chi connectivity index (χ1v) is 7.93. The Morgan fingerprint density at radius 2 is 1.87 bits per heavy atom. The second-order valence-electron chi connectivity index (χ2n) is 5.13. The molecule has 2 aromatic heterocycles. The van der Waals surface area contributed by atoms with Gasteiger partial charge in [0.05, 0.1) is 0 Å². The summed E-state index contributed by atoms with van der Waals surface area (Å²) in [6.45, 7) is 2.97. The highest BCUT2D eigenvalue weighted by Gasteiger charge is 2.10. The van der Waals surface area contributed by atoms with Gasteiger partial charge in [0.15, 0.2) is 5.82 Å². The fraction of sp³-hybridized carbons (Fsp3) is 0.167. The van der Waals surface area contributed by atoms with Crippen molar-refractivity contribution in [2.75, 3.05) is 11.9 Å². The number of benzene rings is 1. The van der Waals surface area contributed by atoms with Gasteiger partial charge in [0, 0.05) is 41.3 Å². The second-order valence-corrected chi connectivity index (χ2v) is 5.57. The zero-order valence-electron chi connectivity index (χ0n) is 12.8. The molecule has 0 spiro atoms. The Morgan fingerprint density at radius 1 is 1.04 bits per heavy atom. The van der Waals surface area contributed by atoms with Crippen molar-refractivity contribution in [2.24, 2.45) is 0 Å². The number of nitrogens with zero attached hydrogens (tertiary/aromatic N) is 3. The van der Waals surface area contributed by atoms with Gasteiger partial charge in [-0.25, -0.2) is 9.97 Å². The summed E-state index contributed by atoms with van der Waals surface area (Å²) in [7, 11) is 0. The van der Waals surface area contributed by atoms with E-state index in [1.54, 1.807) is 12.4 Å². The van der Waals surface area contributed by atoms with Crippen molar-refractivity contribution < 1.29 is 0 Å². The quantitative estimate of drug-likeness (QED) is 0.740. The SMILES string of the molecule is CCCNc1nc(-c2cccnc2)ncc1-c1ccc(Cl)cc1. The topological polar surface area (TPSA) is 50.7 Å². The van der Waals surface area contributed by atoms with Crippen LogP contribution < -0.4 is 5.32 Å². The number of hydrogen-bond acceptors (Lipinski definition) is 4. The third kappa shape index (κ3) is 3.66. The molecule has 4 nitrogen and oxygen atoms in total. The lowest BCUT2D eigenvalue weighted by Crippen LogP contribution is -2.05. The van der Waals surface area contributed by atoms with Gasteiger partial charge in [0.1, 0.15) is 5.82 Å². The molecule has 23 heavy (non-hydrogen) atoms. The van der Waals surface area contributed by atoms with E-state index in [1.807, 2.05) is 42.6 Å². The molecule has 5 heteroatoms. The molecule has 1 aromatic carbocycles. The van der Waals surface area contributed by atoms with Crippen LogP contribution in [0.1, 0.15) is 13.3 Å². The molecule has 0 aliphatic rings. The van der Waals surface area contributed by atoms with E-state index in [2.05, 4.69) is 27.2 Å². The first kappa shape index (κ1) is 15.4. The van der Waals surface area contributed by atoms with Gasteiger partial charge in [-0.2, -0.15) is 0 Å². The van der Waals surface area contributed by atoms with E-state index in [0.717, 1.165) is 35.5 Å². The molecule has 0 radical (unpaired) electrons. The number of rotatable bonds is 5. The largest absolute Gasteiger partial charge is 0.369 e. The van der Waals surface area contributed by atoms with E-state index in [9.17, 15) is 0 Å². The van der Waals surface area contributed by atoms with E-state index < -0.39 is 0 Å².